The molecule has 116 valence electrons. The van der Waals surface area contributed by atoms with Gasteiger partial charge in [-0.3, -0.25) is 4.79 Å². The lowest BCUT2D eigenvalue weighted by atomic mass is 10.1. The highest BCUT2D eigenvalue weighted by Gasteiger charge is 2.23. The van der Waals surface area contributed by atoms with Crippen molar-refractivity contribution in [3.8, 4) is 17.2 Å². The zero-order valence-corrected chi connectivity index (χ0v) is 12.7. The maximum absolute atomic E-state index is 12.2. The number of phenols is 2. The average Bonchev–Trinajstić information content (AvgIpc) is 2.37. The van der Waals surface area contributed by atoms with E-state index in [-0.39, 0.29) is 10.5 Å². The van der Waals surface area contributed by atoms with E-state index in [2.05, 4.69) is 0 Å². The van der Waals surface area contributed by atoms with Gasteiger partial charge < -0.3 is 14.4 Å². The first-order chi connectivity index (χ1) is 10.2. The van der Waals surface area contributed by atoms with Gasteiger partial charge in [-0.25, -0.2) is 0 Å². The van der Waals surface area contributed by atoms with Crippen molar-refractivity contribution in [1.82, 2.24) is 0 Å². The first-order valence-electron chi connectivity index (χ1n) is 6.29. The van der Waals surface area contributed by atoms with Gasteiger partial charge in [0.2, 0.25) is 0 Å². The van der Waals surface area contributed by atoms with Crippen molar-refractivity contribution in [2.75, 3.05) is 0 Å². The number of aryl methyl sites for hydroxylation is 1. The van der Waals surface area contributed by atoms with Crippen LogP contribution in [0.3, 0.4) is 0 Å². The first-order valence-corrected chi connectivity index (χ1v) is 7.69. The fraction of sp³-hybridized carbons (Fsp3) is 0.133. The third kappa shape index (κ3) is 3.20. The van der Waals surface area contributed by atoms with Crippen LogP contribution in [0.5, 0.6) is 17.2 Å². The second-order valence-corrected chi connectivity index (χ2v) is 6.29. The van der Waals surface area contributed by atoms with Gasteiger partial charge in [-0.1, -0.05) is 17.7 Å². The van der Waals surface area contributed by atoms with Crippen LogP contribution in [0.2, 0.25) is 0 Å². The summed E-state index contributed by atoms with van der Waals surface area (Å²) in [5, 5.41) is 19.1. The molecule has 0 aliphatic rings. The molecule has 0 saturated heterocycles. The van der Waals surface area contributed by atoms with E-state index in [1.807, 2.05) is 0 Å². The number of phenolic OH excluding ortho intramolecular Hbond substituents is 2. The lowest BCUT2D eigenvalue weighted by Gasteiger charge is -2.12. The fourth-order valence-corrected chi connectivity index (χ4v) is 2.81. The molecule has 0 radical (unpaired) electrons. The Hall–Kier alpha value is -2.54. The summed E-state index contributed by atoms with van der Waals surface area (Å²) in [5.74, 6) is -1.99. The Bertz CT molecular complexity index is 822. The second-order valence-electron chi connectivity index (χ2n) is 4.74. The van der Waals surface area contributed by atoms with Crippen LogP contribution in [-0.2, 0) is 10.1 Å². The molecule has 0 unspecified atom stereocenters. The molecular formula is C15H14O6S. The smallest absolute Gasteiger partial charge is 0.339 e. The number of hydrogen-bond donors (Lipinski definition) is 2. The van der Waals surface area contributed by atoms with Crippen molar-refractivity contribution in [3.63, 3.8) is 0 Å². The van der Waals surface area contributed by atoms with E-state index in [0.717, 1.165) is 24.6 Å². The Kier molecular flexibility index (Phi) is 4.09. The van der Waals surface area contributed by atoms with E-state index in [4.69, 9.17) is 4.18 Å². The number of hydrogen-bond acceptors (Lipinski definition) is 6. The molecule has 2 rings (SSSR count). The van der Waals surface area contributed by atoms with Gasteiger partial charge in [-0.05, 0) is 26.0 Å². The van der Waals surface area contributed by atoms with Crippen LogP contribution in [0, 0.1) is 6.92 Å². The standard InChI is InChI=1S/C15H14O6S/c1-9-3-5-12(6-4-9)22(19,20)21-14-8-11(17)7-13(18)15(14)10(2)16/h3-8,17-18H,1-2H3. The number of carbonyl (C=O) groups excluding carboxylic acids is 1. The van der Waals surface area contributed by atoms with Crippen molar-refractivity contribution in [1.29, 1.82) is 0 Å². The van der Waals surface area contributed by atoms with Crippen LogP contribution < -0.4 is 4.18 Å². The summed E-state index contributed by atoms with van der Waals surface area (Å²) in [7, 11) is -4.19. The highest BCUT2D eigenvalue weighted by molar-refractivity contribution is 7.87. The zero-order chi connectivity index (χ0) is 16.5. The maximum atomic E-state index is 12.2. The van der Waals surface area contributed by atoms with Gasteiger partial charge in [0.1, 0.15) is 22.0 Å². The Morgan fingerprint density at radius 3 is 2.23 bits per heavy atom. The molecule has 2 aromatic rings. The summed E-state index contributed by atoms with van der Waals surface area (Å²) in [4.78, 5) is 11.4. The highest BCUT2D eigenvalue weighted by atomic mass is 32.2. The molecule has 2 aromatic carbocycles. The molecule has 22 heavy (non-hydrogen) atoms. The normalized spacial score (nSPS) is 11.2. The van der Waals surface area contributed by atoms with Crippen LogP contribution in [-0.4, -0.2) is 24.4 Å². The third-order valence-electron chi connectivity index (χ3n) is 2.93. The minimum atomic E-state index is -4.19. The molecule has 0 fully saturated rings. The molecule has 0 heterocycles. The fourth-order valence-electron chi connectivity index (χ4n) is 1.88. The van der Waals surface area contributed by atoms with E-state index in [1.165, 1.54) is 12.1 Å². The largest absolute Gasteiger partial charge is 0.508 e. The lowest BCUT2D eigenvalue weighted by Crippen LogP contribution is -2.12. The van der Waals surface area contributed by atoms with Gasteiger partial charge in [-0.2, -0.15) is 8.42 Å². The quantitative estimate of drug-likeness (QED) is 0.662. The molecule has 0 amide bonds. The predicted molar refractivity (Wildman–Crippen MR) is 78.8 cm³/mol. The number of benzene rings is 2. The van der Waals surface area contributed by atoms with Crippen molar-refractivity contribution >= 4 is 15.9 Å². The van der Waals surface area contributed by atoms with Crippen LogP contribution in [0.4, 0.5) is 0 Å². The van der Waals surface area contributed by atoms with Crippen molar-refractivity contribution in [2.45, 2.75) is 18.7 Å². The number of rotatable bonds is 4. The Balaban J connectivity index is 2.50. The molecule has 0 aliphatic carbocycles. The van der Waals surface area contributed by atoms with Crippen LogP contribution in [0.15, 0.2) is 41.3 Å². The molecule has 6 nitrogen and oxygen atoms in total. The summed E-state index contributed by atoms with van der Waals surface area (Å²) in [5.41, 5.74) is 0.562. The van der Waals surface area contributed by atoms with Crippen LogP contribution in [0.25, 0.3) is 0 Å². The second kappa shape index (κ2) is 5.69. The van der Waals surface area contributed by atoms with Crippen molar-refractivity contribution in [2.24, 2.45) is 0 Å². The summed E-state index contributed by atoms with van der Waals surface area (Å²) in [6.07, 6.45) is 0. The SMILES string of the molecule is CC(=O)c1c(O)cc(O)cc1OS(=O)(=O)c1ccc(C)cc1. The molecule has 2 N–H and O–H groups in total. The number of aromatic hydroxyl groups is 2. The summed E-state index contributed by atoms with van der Waals surface area (Å²) < 4.78 is 29.3. The number of carbonyl (C=O) groups is 1. The number of Topliss-reactive ketones (excluding diaryl/α,β-unsaturated/α-hetero) is 1. The molecule has 0 atom stereocenters. The molecule has 0 bridgehead atoms. The predicted octanol–water partition coefficient (Wildman–Crippen LogP) is 2.38. The zero-order valence-electron chi connectivity index (χ0n) is 11.9. The molecule has 0 saturated carbocycles. The van der Waals surface area contributed by atoms with Gasteiger partial charge >= 0.3 is 10.1 Å². The Morgan fingerprint density at radius 1 is 1.09 bits per heavy atom. The van der Waals surface area contributed by atoms with E-state index < -0.39 is 33.1 Å². The highest BCUT2D eigenvalue weighted by Crippen LogP contribution is 2.34. The van der Waals surface area contributed by atoms with Gasteiger partial charge in [0.15, 0.2) is 11.5 Å². The van der Waals surface area contributed by atoms with Gasteiger partial charge in [0, 0.05) is 12.1 Å². The van der Waals surface area contributed by atoms with Gasteiger partial charge in [0.05, 0.1) is 0 Å². The third-order valence-corrected chi connectivity index (χ3v) is 4.18. The van der Waals surface area contributed by atoms with E-state index in [0.29, 0.717) is 0 Å². The maximum Gasteiger partial charge on any atom is 0.339 e. The lowest BCUT2D eigenvalue weighted by molar-refractivity contribution is 0.101. The Morgan fingerprint density at radius 2 is 1.68 bits per heavy atom. The molecule has 0 aromatic heterocycles. The van der Waals surface area contributed by atoms with Gasteiger partial charge in [0.25, 0.3) is 0 Å². The summed E-state index contributed by atoms with van der Waals surface area (Å²) in [6.45, 7) is 2.95. The van der Waals surface area contributed by atoms with Crippen LogP contribution >= 0.6 is 0 Å². The minimum Gasteiger partial charge on any atom is -0.508 e. The summed E-state index contributed by atoms with van der Waals surface area (Å²) in [6, 6.07) is 7.82. The Labute approximate surface area is 127 Å². The van der Waals surface area contributed by atoms with E-state index >= 15 is 0 Å². The topological polar surface area (TPSA) is 101 Å². The first kappa shape index (κ1) is 15.8. The molecular weight excluding hydrogens is 308 g/mol. The van der Waals surface area contributed by atoms with Crippen molar-refractivity contribution in [3.05, 3.63) is 47.5 Å². The van der Waals surface area contributed by atoms with Crippen LogP contribution in [0.1, 0.15) is 22.8 Å². The average molecular weight is 322 g/mol. The van der Waals surface area contributed by atoms with Crippen molar-refractivity contribution < 1.29 is 27.6 Å². The molecule has 7 heteroatoms. The minimum absolute atomic E-state index is 0.101. The molecule has 0 spiro atoms. The van der Waals surface area contributed by atoms with Gasteiger partial charge in [-0.15, -0.1) is 0 Å². The monoisotopic (exact) mass is 322 g/mol. The van der Waals surface area contributed by atoms with E-state index in [1.54, 1.807) is 19.1 Å². The van der Waals surface area contributed by atoms with E-state index in [9.17, 15) is 23.4 Å². The summed E-state index contributed by atoms with van der Waals surface area (Å²) >= 11 is 0. The number of ketones is 1. The molecule has 0 aliphatic heterocycles.